The van der Waals surface area contributed by atoms with Gasteiger partial charge in [-0.25, -0.2) is 0 Å². The second kappa shape index (κ2) is 7.62. The van der Waals surface area contributed by atoms with Gasteiger partial charge in [0.25, 0.3) is 0 Å². The first-order valence-electron chi connectivity index (χ1n) is 6.29. The summed E-state index contributed by atoms with van der Waals surface area (Å²) in [6, 6.07) is 2.07. The normalized spacial score (nSPS) is 22.1. The lowest BCUT2D eigenvalue weighted by molar-refractivity contribution is -0.135. The number of nitrogens with two attached hydrogens (primary N) is 1. The predicted molar refractivity (Wildman–Crippen MR) is 85.6 cm³/mol. The smallest absolute Gasteiger partial charge is 0.226 e. The van der Waals surface area contributed by atoms with Crippen molar-refractivity contribution in [1.82, 2.24) is 4.90 Å². The summed E-state index contributed by atoms with van der Waals surface area (Å²) in [4.78, 5) is 14.2. The fraction of sp³-hybridized carbons (Fsp3) is 0.615. The number of nitrogens with zero attached hydrogens (tertiary/aromatic N) is 1. The number of carbonyl (C=O) groups excluding carboxylic acids is 1. The van der Waals surface area contributed by atoms with Gasteiger partial charge in [0.2, 0.25) is 5.91 Å². The maximum Gasteiger partial charge on any atom is 0.226 e. The summed E-state index contributed by atoms with van der Waals surface area (Å²) < 4.78 is 1.11. The molecule has 6 heteroatoms. The minimum absolute atomic E-state index is 0. The van der Waals surface area contributed by atoms with E-state index in [4.69, 9.17) is 5.73 Å². The first-order chi connectivity index (χ1) is 8.61. The Bertz CT molecular complexity index is 427. The van der Waals surface area contributed by atoms with Gasteiger partial charge in [-0.1, -0.05) is 6.42 Å². The van der Waals surface area contributed by atoms with Crippen LogP contribution in [-0.4, -0.2) is 24.4 Å². The van der Waals surface area contributed by atoms with E-state index >= 15 is 0 Å². The van der Waals surface area contributed by atoms with Crippen molar-refractivity contribution < 1.29 is 4.79 Å². The molecule has 1 saturated carbocycles. The van der Waals surface area contributed by atoms with Gasteiger partial charge in [-0.3, -0.25) is 4.79 Å². The molecule has 0 bridgehead atoms. The summed E-state index contributed by atoms with van der Waals surface area (Å²) in [5.74, 6) is 0.779. The maximum absolute atomic E-state index is 12.4. The molecular weight excluding hydrogens is 348 g/mol. The van der Waals surface area contributed by atoms with E-state index in [2.05, 4.69) is 27.4 Å². The first kappa shape index (κ1) is 17.0. The second-order valence-corrected chi connectivity index (χ2v) is 7.28. The van der Waals surface area contributed by atoms with Crippen LogP contribution in [0.5, 0.6) is 0 Å². The molecule has 0 saturated heterocycles. The van der Waals surface area contributed by atoms with Crippen LogP contribution in [0, 0.1) is 11.8 Å². The fourth-order valence-electron chi connectivity index (χ4n) is 2.71. The quantitative estimate of drug-likeness (QED) is 0.888. The Labute approximate surface area is 133 Å². The molecule has 0 aliphatic heterocycles. The zero-order valence-electron chi connectivity index (χ0n) is 11.0. The van der Waals surface area contributed by atoms with Gasteiger partial charge in [0, 0.05) is 19.5 Å². The zero-order chi connectivity index (χ0) is 13.1. The van der Waals surface area contributed by atoms with Crippen molar-refractivity contribution >= 4 is 45.6 Å². The zero-order valence-corrected chi connectivity index (χ0v) is 14.2. The van der Waals surface area contributed by atoms with Crippen molar-refractivity contribution in [3.8, 4) is 0 Å². The van der Waals surface area contributed by atoms with Gasteiger partial charge < -0.3 is 10.6 Å². The average Bonchev–Trinajstić information content (AvgIpc) is 2.96. The molecule has 2 rings (SSSR count). The van der Waals surface area contributed by atoms with E-state index in [1.807, 2.05) is 11.9 Å². The molecule has 1 heterocycles. The molecule has 1 aliphatic carbocycles. The van der Waals surface area contributed by atoms with Crippen molar-refractivity contribution in [3.05, 3.63) is 20.8 Å². The summed E-state index contributed by atoms with van der Waals surface area (Å²) >= 11 is 5.10. The van der Waals surface area contributed by atoms with Crippen LogP contribution in [0.2, 0.25) is 0 Å². The van der Waals surface area contributed by atoms with Crippen LogP contribution in [0.3, 0.4) is 0 Å². The highest BCUT2D eigenvalue weighted by Gasteiger charge is 2.33. The molecule has 1 amide bonds. The SMILES string of the molecule is CN(Cc1csc(Br)c1)C(=O)[C@@H]1CCC[C@@H]1CN.Cl. The van der Waals surface area contributed by atoms with E-state index in [0.717, 1.165) is 23.0 Å². The Morgan fingerprint density at radius 3 is 2.89 bits per heavy atom. The van der Waals surface area contributed by atoms with Crippen LogP contribution in [-0.2, 0) is 11.3 Å². The summed E-state index contributed by atoms with van der Waals surface area (Å²) in [5, 5.41) is 2.09. The number of thiophene rings is 1. The highest BCUT2D eigenvalue weighted by Crippen LogP contribution is 2.32. The molecule has 1 fully saturated rings. The molecule has 0 spiro atoms. The molecule has 1 aliphatic rings. The van der Waals surface area contributed by atoms with Gasteiger partial charge in [0.1, 0.15) is 0 Å². The monoisotopic (exact) mass is 366 g/mol. The number of hydrogen-bond acceptors (Lipinski definition) is 3. The number of hydrogen-bond donors (Lipinski definition) is 1. The number of carbonyl (C=O) groups is 1. The van der Waals surface area contributed by atoms with Crippen LogP contribution in [0.25, 0.3) is 0 Å². The summed E-state index contributed by atoms with van der Waals surface area (Å²) in [7, 11) is 1.89. The molecule has 0 aromatic carbocycles. The largest absolute Gasteiger partial charge is 0.341 e. The topological polar surface area (TPSA) is 46.3 Å². The number of amides is 1. The molecule has 19 heavy (non-hydrogen) atoms. The third-order valence-electron chi connectivity index (χ3n) is 3.70. The van der Waals surface area contributed by atoms with Crippen molar-refractivity contribution in [3.63, 3.8) is 0 Å². The molecule has 2 atom stereocenters. The molecule has 108 valence electrons. The number of halogens is 2. The van der Waals surface area contributed by atoms with Crippen LogP contribution in [0.4, 0.5) is 0 Å². The van der Waals surface area contributed by atoms with Crippen molar-refractivity contribution in [2.24, 2.45) is 17.6 Å². The highest BCUT2D eigenvalue weighted by atomic mass is 79.9. The third kappa shape index (κ3) is 4.18. The third-order valence-corrected chi connectivity index (χ3v) is 5.25. The Morgan fingerprint density at radius 2 is 2.32 bits per heavy atom. The van der Waals surface area contributed by atoms with Gasteiger partial charge in [0.05, 0.1) is 3.79 Å². The highest BCUT2D eigenvalue weighted by molar-refractivity contribution is 9.11. The minimum Gasteiger partial charge on any atom is -0.341 e. The van der Waals surface area contributed by atoms with Gasteiger partial charge in [-0.05, 0) is 58.2 Å². The molecule has 1 aromatic heterocycles. The van der Waals surface area contributed by atoms with Crippen LogP contribution in [0.1, 0.15) is 24.8 Å². The Hall–Kier alpha value is -0.100. The van der Waals surface area contributed by atoms with Crippen molar-refractivity contribution in [1.29, 1.82) is 0 Å². The molecular formula is C13H20BrClN2OS. The average molecular weight is 368 g/mol. The van der Waals surface area contributed by atoms with E-state index in [1.165, 1.54) is 5.56 Å². The lowest BCUT2D eigenvalue weighted by Crippen LogP contribution is -2.36. The lowest BCUT2D eigenvalue weighted by Gasteiger charge is -2.24. The van der Waals surface area contributed by atoms with E-state index in [0.29, 0.717) is 19.0 Å². The minimum atomic E-state index is 0. The summed E-state index contributed by atoms with van der Waals surface area (Å²) in [6.45, 7) is 1.32. The van der Waals surface area contributed by atoms with Crippen LogP contribution < -0.4 is 5.73 Å². The first-order valence-corrected chi connectivity index (χ1v) is 7.97. The standard InChI is InChI=1S/C13H19BrN2OS.ClH/c1-16(7-9-5-12(14)18-8-9)13(17)11-4-2-3-10(11)6-15;/h5,8,10-11H,2-4,6-7,15H2,1H3;1H/t10-,11-;/m1./s1. The number of rotatable bonds is 4. The molecule has 0 unspecified atom stereocenters. The molecule has 2 N–H and O–H groups in total. The van der Waals surface area contributed by atoms with Crippen molar-refractivity contribution in [2.45, 2.75) is 25.8 Å². The maximum atomic E-state index is 12.4. The van der Waals surface area contributed by atoms with Crippen LogP contribution in [0.15, 0.2) is 15.2 Å². The summed E-state index contributed by atoms with van der Waals surface area (Å²) in [6.07, 6.45) is 3.24. The van der Waals surface area contributed by atoms with E-state index < -0.39 is 0 Å². The summed E-state index contributed by atoms with van der Waals surface area (Å²) in [5.41, 5.74) is 6.93. The Balaban J connectivity index is 0.00000180. The van der Waals surface area contributed by atoms with Crippen LogP contribution >= 0.6 is 39.7 Å². The molecule has 1 aromatic rings. The van der Waals surface area contributed by atoms with Gasteiger partial charge in [-0.2, -0.15) is 0 Å². The predicted octanol–water partition coefficient (Wildman–Crippen LogP) is 3.27. The van der Waals surface area contributed by atoms with Gasteiger partial charge >= 0.3 is 0 Å². The van der Waals surface area contributed by atoms with E-state index in [9.17, 15) is 4.79 Å². The molecule has 0 radical (unpaired) electrons. The van der Waals surface area contributed by atoms with Crippen molar-refractivity contribution in [2.75, 3.05) is 13.6 Å². The fourth-order valence-corrected chi connectivity index (χ4v) is 3.91. The second-order valence-electron chi connectivity index (χ2n) is 4.99. The van der Waals surface area contributed by atoms with Gasteiger partial charge in [0.15, 0.2) is 0 Å². The van der Waals surface area contributed by atoms with E-state index in [1.54, 1.807) is 11.3 Å². The van der Waals surface area contributed by atoms with E-state index in [-0.39, 0.29) is 24.2 Å². The lowest BCUT2D eigenvalue weighted by atomic mass is 9.95. The Kier molecular flexibility index (Phi) is 6.80. The Morgan fingerprint density at radius 1 is 1.58 bits per heavy atom. The van der Waals surface area contributed by atoms with Gasteiger partial charge in [-0.15, -0.1) is 23.7 Å². The molecule has 3 nitrogen and oxygen atoms in total.